The first-order valence-electron chi connectivity index (χ1n) is 7.77. The number of methoxy groups -OCH3 is 1. The molecule has 1 N–H and O–H groups in total. The second-order valence-electron chi connectivity index (χ2n) is 5.75. The molecule has 2 atom stereocenters. The Labute approximate surface area is 122 Å². The van der Waals surface area contributed by atoms with E-state index in [0.29, 0.717) is 6.61 Å². The van der Waals surface area contributed by atoms with Gasteiger partial charge in [-0.15, -0.1) is 0 Å². The normalized spacial score (nSPS) is 22.5. The van der Waals surface area contributed by atoms with Crippen LogP contribution in [0, 0.1) is 11.8 Å². The number of hydrogen-bond acceptors (Lipinski definition) is 3. The molecule has 0 aromatic heterocycles. The number of hydrogen-bond donors (Lipinski definition) is 1. The van der Waals surface area contributed by atoms with Crippen LogP contribution in [0.4, 0.5) is 0 Å². The molecule has 3 nitrogen and oxygen atoms in total. The predicted molar refractivity (Wildman–Crippen MR) is 82.5 cm³/mol. The third-order valence-corrected chi connectivity index (χ3v) is 4.30. The molecule has 0 radical (unpaired) electrons. The van der Waals surface area contributed by atoms with Crippen molar-refractivity contribution in [2.45, 2.75) is 32.6 Å². The summed E-state index contributed by atoms with van der Waals surface area (Å²) in [5, 5.41) is 3.53. The van der Waals surface area contributed by atoms with Crippen LogP contribution in [0.15, 0.2) is 24.3 Å². The van der Waals surface area contributed by atoms with Crippen molar-refractivity contribution >= 4 is 0 Å². The zero-order chi connectivity index (χ0) is 14.2. The standard InChI is InChI=1S/C17H27NO2/c1-14-5-3-4-6-15(14)13-18-11-12-20-17-9-7-16(19-2)8-10-17/h7-10,14-15,18H,3-6,11-13H2,1-2H3. The molecule has 3 heteroatoms. The summed E-state index contributed by atoms with van der Waals surface area (Å²) in [6.07, 6.45) is 5.60. The fourth-order valence-electron chi connectivity index (χ4n) is 2.90. The average molecular weight is 277 g/mol. The molecule has 2 rings (SSSR count). The summed E-state index contributed by atoms with van der Waals surface area (Å²) in [6, 6.07) is 7.74. The van der Waals surface area contributed by atoms with Crippen LogP contribution in [0.1, 0.15) is 32.6 Å². The first kappa shape index (κ1) is 15.2. The van der Waals surface area contributed by atoms with Crippen molar-refractivity contribution in [3.05, 3.63) is 24.3 Å². The second kappa shape index (κ2) is 8.15. The largest absolute Gasteiger partial charge is 0.497 e. The minimum absolute atomic E-state index is 0.716. The molecule has 20 heavy (non-hydrogen) atoms. The van der Waals surface area contributed by atoms with Crippen molar-refractivity contribution in [3.63, 3.8) is 0 Å². The predicted octanol–water partition coefficient (Wildman–Crippen LogP) is 3.49. The van der Waals surface area contributed by atoms with E-state index < -0.39 is 0 Å². The van der Waals surface area contributed by atoms with E-state index >= 15 is 0 Å². The SMILES string of the molecule is COc1ccc(OCCNCC2CCCCC2C)cc1. The fraction of sp³-hybridized carbons (Fsp3) is 0.647. The van der Waals surface area contributed by atoms with Gasteiger partial charge in [0.25, 0.3) is 0 Å². The first-order valence-corrected chi connectivity index (χ1v) is 7.77. The minimum Gasteiger partial charge on any atom is -0.497 e. The number of nitrogens with one attached hydrogen (secondary N) is 1. The van der Waals surface area contributed by atoms with Gasteiger partial charge < -0.3 is 14.8 Å². The monoisotopic (exact) mass is 277 g/mol. The lowest BCUT2D eigenvalue weighted by Crippen LogP contribution is -2.31. The molecule has 1 aliphatic rings. The highest BCUT2D eigenvalue weighted by atomic mass is 16.5. The molecule has 112 valence electrons. The summed E-state index contributed by atoms with van der Waals surface area (Å²) in [7, 11) is 1.67. The fourth-order valence-corrected chi connectivity index (χ4v) is 2.90. The van der Waals surface area contributed by atoms with Gasteiger partial charge in [-0.25, -0.2) is 0 Å². The van der Waals surface area contributed by atoms with Gasteiger partial charge in [0.2, 0.25) is 0 Å². The second-order valence-corrected chi connectivity index (χ2v) is 5.75. The number of benzene rings is 1. The smallest absolute Gasteiger partial charge is 0.119 e. The van der Waals surface area contributed by atoms with Crippen molar-refractivity contribution in [2.24, 2.45) is 11.8 Å². The van der Waals surface area contributed by atoms with E-state index in [1.54, 1.807) is 7.11 Å². The Bertz CT molecular complexity index is 377. The molecule has 1 aliphatic carbocycles. The van der Waals surface area contributed by atoms with Gasteiger partial charge in [0, 0.05) is 6.54 Å². The third-order valence-electron chi connectivity index (χ3n) is 4.30. The lowest BCUT2D eigenvalue weighted by molar-refractivity contribution is 0.239. The van der Waals surface area contributed by atoms with E-state index in [0.717, 1.165) is 36.4 Å². The Kier molecular flexibility index (Phi) is 6.19. The summed E-state index contributed by atoms with van der Waals surface area (Å²) in [6.45, 7) is 5.15. The maximum absolute atomic E-state index is 5.70. The molecule has 0 spiro atoms. The van der Waals surface area contributed by atoms with Gasteiger partial charge >= 0.3 is 0 Å². The first-order chi connectivity index (χ1) is 9.79. The van der Waals surface area contributed by atoms with E-state index in [1.165, 1.54) is 25.7 Å². The van der Waals surface area contributed by atoms with Crippen LogP contribution in [0.25, 0.3) is 0 Å². The Hall–Kier alpha value is -1.22. The summed E-state index contributed by atoms with van der Waals surface area (Å²) in [5.74, 6) is 3.49. The molecule has 1 saturated carbocycles. The molecule has 0 saturated heterocycles. The minimum atomic E-state index is 0.716. The van der Waals surface area contributed by atoms with Gasteiger partial charge in [-0.3, -0.25) is 0 Å². The zero-order valence-corrected chi connectivity index (χ0v) is 12.7. The van der Waals surface area contributed by atoms with E-state index in [9.17, 15) is 0 Å². The zero-order valence-electron chi connectivity index (χ0n) is 12.7. The molecular formula is C17H27NO2. The molecule has 0 amide bonds. The van der Waals surface area contributed by atoms with E-state index in [-0.39, 0.29) is 0 Å². The lowest BCUT2D eigenvalue weighted by Gasteiger charge is -2.28. The van der Waals surface area contributed by atoms with Gasteiger partial charge in [0.1, 0.15) is 18.1 Å². The maximum Gasteiger partial charge on any atom is 0.119 e. The van der Waals surface area contributed by atoms with Crippen LogP contribution in [0.3, 0.4) is 0 Å². The summed E-state index contributed by atoms with van der Waals surface area (Å²) < 4.78 is 10.8. The molecule has 0 aliphatic heterocycles. The third kappa shape index (κ3) is 4.71. The number of ether oxygens (including phenoxy) is 2. The van der Waals surface area contributed by atoms with Crippen LogP contribution < -0.4 is 14.8 Å². The van der Waals surface area contributed by atoms with Crippen LogP contribution >= 0.6 is 0 Å². The van der Waals surface area contributed by atoms with Crippen LogP contribution in [-0.4, -0.2) is 26.8 Å². The summed E-state index contributed by atoms with van der Waals surface area (Å²) >= 11 is 0. The topological polar surface area (TPSA) is 30.5 Å². The molecule has 1 aromatic rings. The van der Waals surface area contributed by atoms with E-state index in [2.05, 4.69) is 12.2 Å². The van der Waals surface area contributed by atoms with Gasteiger partial charge in [-0.05, 0) is 49.1 Å². The van der Waals surface area contributed by atoms with Gasteiger partial charge in [0.05, 0.1) is 7.11 Å². The molecule has 0 bridgehead atoms. The van der Waals surface area contributed by atoms with E-state index in [4.69, 9.17) is 9.47 Å². The van der Waals surface area contributed by atoms with Crippen molar-refractivity contribution in [3.8, 4) is 11.5 Å². The quantitative estimate of drug-likeness (QED) is 0.774. The summed E-state index contributed by atoms with van der Waals surface area (Å²) in [5.41, 5.74) is 0. The Balaban J connectivity index is 1.58. The van der Waals surface area contributed by atoms with Gasteiger partial charge in [0.15, 0.2) is 0 Å². The van der Waals surface area contributed by atoms with Crippen LogP contribution in [0.5, 0.6) is 11.5 Å². The highest BCUT2D eigenvalue weighted by Gasteiger charge is 2.20. The van der Waals surface area contributed by atoms with Crippen molar-refractivity contribution < 1.29 is 9.47 Å². The van der Waals surface area contributed by atoms with Crippen molar-refractivity contribution in [1.82, 2.24) is 5.32 Å². The highest BCUT2D eigenvalue weighted by molar-refractivity contribution is 5.31. The summed E-state index contributed by atoms with van der Waals surface area (Å²) in [4.78, 5) is 0. The van der Waals surface area contributed by atoms with Gasteiger partial charge in [-0.2, -0.15) is 0 Å². The molecular weight excluding hydrogens is 250 g/mol. The Morgan fingerprint density at radius 3 is 2.50 bits per heavy atom. The van der Waals surface area contributed by atoms with Crippen molar-refractivity contribution in [1.29, 1.82) is 0 Å². The Morgan fingerprint density at radius 1 is 1.10 bits per heavy atom. The molecule has 1 aromatic carbocycles. The molecule has 2 unspecified atom stereocenters. The van der Waals surface area contributed by atoms with Gasteiger partial charge in [-0.1, -0.05) is 26.2 Å². The number of rotatable bonds is 7. The Morgan fingerprint density at radius 2 is 1.80 bits per heavy atom. The highest BCUT2D eigenvalue weighted by Crippen LogP contribution is 2.28. The van der Waals surface area contributed by atoms with E-state index in [1.807, 2.05) is 24.3 Å². The van der Waals surface area contributed by atoms with Crippen molar-refractivity contribution in [2.75, 3.05) is 26.8 Å². The molecule has 0 heterocycles. The molecule has 1 fully saturated rings. The lowest BCUT2D eigenvalue weighted by atomic mass is 9.80. The average Bonchev–Trinajstić information content (AvgIpc) is 2.49. The van der Waals surface area contributed by atoms with Crippen LogP contribution in [0.2, 0.25) is 0 Å². The van der Waals surface area contributed by atoms with Crippen LogP contribution in [-0.2, 0) is 0 Å². The maximum atomic E-state index is 5.70.